The number of aromatic nitrogens is 1. The van der Waals surface area contributed by atoms with Gasteiger partial charge in [-0.1, -0.05) is 0 Å². The summed E-state index contributed by atoms with van der Waals surface area (Å²) in [4.78, 5) is 6.56. The van der Waals surface area contributed by atoms with E-state index in [2.05, 4.69) is 22.2 Å². The van der Waals surface area contributed by atoms with E-state index in [1.807, 2.05) is 13.8 Å². The van der Waals surface area contributed by atoms with Crippen molar-refractivity contribution in [3.05, 3.63) is 17.3 Å². The van der Waals surface area contributed by atoms with Gasteiger partial charge in [0, 0.05) is 19.6 Å². The number of oxazole rings is 1. The van der Waals surface area contributed by atoms with Crippen LogP contribution in [0.15, 0.2) is 4.42 Å². The normalized spacial score (nSPS) is 21.1. The van der Waals surface area contributed by atoms with Crippen LogP contribution >= 0.6 is 0 Å². The molecule has 96 valence electrons. The Kier molecular flexibility index (Phi) is 4.15. The first-order valence-corrected chi connectivity index (χ1v) is 6.09. The zero-order chi connectivity index (χ0) is 12.3. The van der Waals surface area contributed by atoms with Crippen molar-refractivity contribution in [1.29, 1.82) is 0 Å². The first-order chi connectivity index (χ1) is 8.15. The molecule has 0 saturated carbocycles. The average molecular weight is 239 g/mol. The van der Waals surface area contributed by atoms with Gasteiger partial charge in [-0.2, -0.15) is 0 Å². The van der Waals surface area contributed by atoms with Crippen molar-refractivity contribution in [2.75, 3.05) is 33.3 Å². The largest absolute Gasteiger partial charge is 0.444 e. The van der Waals surface area contributed by atoms with Crippen LogP contribution in [-0.2, 0) is 11.3 Å². The lowest BCUT2D eigenvalue weighted by atomic mass is 10.3. The number of aryl methyl sites for hydroxylation is 2. The first-order valence-electron chi connectivity index (χ1n) is 6.09. The molecule has 0 aliphatic carbocycles. The van der Waals surface area contributed by atoms with Gasteiger partial charge in [0.2, 0.25) is 5.89 Å². The van der Waals surface area contributed by atoms with Gasteiger partial charge in [0.25, 0.3) is 0 Å². The highest BCUT2D eigenvalue weighted by Crippen LogP contribution is 2.10. The molecule has 0 bridgehead atoms. The summed E-state index contributed by atoms with van der Waals surface area (Å²) in [5.74, 6) is 1.69. The molecule has 1 N–H and O–H groups in total. The number of morpholine rings is 1. The fraction of sp³-hybridized carbons (Fsp3) is 0.750. The quantitative estimate of drug-likeness (QED) is 0.838. The van der Waals surface area contributed by atoms with E-state index >= 15 is 0 Å². The summed E-state index contributed by atoms with van der Waals surface area (Å²) in [6.45, 7) is 8.22. The Balaban J connectivity index is 1.81. The van der Waals surface area contributed by atoms with E-state index in [0.717, 1.165) is 50.1 Å². The van der Waals surface area contributed by atoms with Crippen LogP contribution in [0.1, 0.15) is 17.3 Å². The minimum Gasteiger partial charge on any atom is -0.444 e. The third kappa shape index (κ3) is 3.52. The van der Waals surface area contributed by atoms with Gasteiger partial charge in [-0.15, -0.1) is 0 Å². The summed E-state index contributed by atoms with van der Waals surface area (Å²) in [5, 5.41) is 3.33. The van der Waals surface area contributed by atoms with E-state index in [-0.39, 0.29) is 6.10 Å². The molecule has 0 spiro atoms. The van der Waals surface area contributed by atoms with Gasteiger partial charge in [-0.25, -0.2) is 4.98 Å². The molecule has 2 heterocycles. The van der Waals surface area contributed by atoms with Crippen LogP contribution in [0.3, 0.4) is 0 Å². The fourth-order valence-electron chi connectivity index (χ4n) is 1.99. The van der Waals surface area contributed by atoms with Crippen molar-refractivity contribution >= 4 is 0 Å². The summed E-state index contributed by atoms with van der Waals surface area (Å²) in [5.41, 5.74) is 0.976. The molecule has 1 unspecified atom stereocenters. The Hall–Kier alpha value is -0.910. The molecular weight excluding hydrogens is 218 g/mol. The number of nitrogens with one attached hydrogen (secondary N) is 1. The predicted molar refractivity (Wildman–Crippen MR) is 64.9 cm³/mol. The topological polar surface area (TPSA) is 50.5 Å². The second kappa shape index (κ2) is 5.62. The third-order valence-corrected chi connectivity index (χ3v) is 3.00. The number of ether oxygens (including phenoxy) is 1. The molecule has 5 heteroatoms. The third-order valence-electron chi connectivity index (χ3n) is 3.00. The van der Waals surface area contributed by atoms with Crippen LogP contribution < -0.4 is 5.32 Å². The molecule has 5 nitrogen and oxygen atoms in total. The standard InChI is InChI=1S/C12H21N3O2/c1-9-10(2)17-12(14-9)8-15(3)7-11-6-13-4-5-16-11/h11,13H,4-8H2,1-3H3. The lowest BCUT2D eigenvalue weighted by Gasteiger charge is -2.27. The monoisotopic (exact) mass is 239 g/mol. The van der Waals surface area contributed by atoms with E-state index in [0.29, 0.717) is 0 Å². The second-order valence-electron chi connectivity index (χ2n) is 4.64. The number of hydrogen-bond acceptors (Lipinski definition) is 5. The molecule has 1 atom stereocenters. The van der Waals surface area contributed by atoms with Crippen molar-refractivity contribution in [1.82, 2.24) is 15.2 Å². The van der Waals surface area contributed by atoms with Crippen LogP contribution in [0.2, 0.25) is 0 Å². The van der Waals surface area contributed by atoms with E-state index in [9.17, 15) is 0 Å². The lowest BCUT2D eigenvalue weighted by molar-refractivity contribution is 0.00770. The summed E-state index contributed by atoms with van der Waals surface area (Å²) in [6, 6.07) is 0. The van der Waals surface area contributed by atoms with E-state index < -0.39 is 0 Å². The second-order valence-corrected chi connectivity index (χ2v) is 4.64. The minimum atomic E-state index is 0.269. The Morgan fingerprint density at radius 3 is 2.88 bits per heavy atom. The highest BCUT2D eigenvalue weighted by molar-refractivity contribution is 5.05. The maximum Gasteiger partial charge on any atom is 0.208 e. The van der Waals surface area contributed by atoms with Gasteiger partial charge in [0.05, 0.1) is 24.9 Å². The molecule has 1 aromatic rings. The van der Waals surface area contributed by atoms with Gasteiger partial charge in [-0.05, 0) is 20.9 Å². The zero-order valence-corrected chi connectivity index (χ0v) is 10.8. The van der Waals surface area contributed by atoms with Crippen LogP contribution in [0.25, 0.3) is 0 Å². The summed E-state index contributed by atoms with van der Waals surface area (Å²) >= 11 is 0. The maximum absolute atomic E-state index is 5.66. The van der Waals surface area contributed by atoms with Crippen LogP contribution in [0.5, 0.6) is 0 Å². The molecule has 1 saturated heterocycles. The SMILES string of the molecule is Cc1nc(CN(C)CC2CNCCO2)oc1C. The maximum atomic E-state index is 5.66. The average Bonchev–Trinajstić information content (AvgIpc) is 2.59. The number of hydrogen-bond donors (Lipinski definition) is 1. The molecule has 1 aromatic heterocycles. The smallest absolute Gasteiger partial charge is 0.208 e. The fourth-order valence-corrected chi connectivity index (χ4v) is 1.99. The number of likely N-dealkylation sites (N-methyl/N-ethyl adjacent to an activating group) is 1. The Bertz CT molecular complexity index is 339. The Morgan fingerprint density at radius 1 is 1.47 bits per heavy atom. The van der Waals surface area contributed by atoms with E-state index in [4.69, 9.17) is 9.15 Å². The van der Waals surface area contributed by atoms with Crippen molar-refractivity contribution in [2.45, 2.75) is 26.5 Å². The molecule has 1 fully saturated rings. The van der Waals surface area contributed by atoms with Gasteiger partial charge in [-0.3, -0.25) is 4.90 Å². The van der Waals surface area contributed by atoms with E-state index in [1.165, 1.54) is 0 Å². The van der Waals surface area contributed by atoms with Gasteiger partial charge < -0.3 is 14.5 Å². The van der Waals surface area contributed by atoms with Crippen molar-refractivity contribution in [2.24, 2.45) is 0 Å². The molecule has 1 aliphatic heterocycles. The van der Waals surface area contributed by atoms with Crippen LogP contribution in [-0.4, -0.2) is 49.3 Å². The van der Waals surface area contributed by atoms with Gasteiger partial charge in [0.1, 0.15) is 5.76 Å². The zero-order valence-electron chi connectivity index (χ0n) is 10.8. The minimum absolute atomic E-state index is 0.269. The Labute approximate surface area is 102 Å². The summed E-state index contributed by atoms with van der Waals surface area (Å²) in [7, 11) is 2.06. The summed E-state index contributed by atoms with van der Waals surface area (Å²) in [6.07, 6.45) is 0.269. The first kappa shape index (κ1) is 12.5. The van der Waals surface area contributed by atoms with Crippen molar-refractivity contribution in [3.8, 4) is 0 Å². The highest BCUT2D eigenvalue weighted by atomic mass is 16.5. The molecular formula is C12H21N3O2. The molecule has 17 heavy (non-hydrogen) atoms. The molecule has 1 aliphatic rings. The van der Waals surface area contributed by atoms with Crippen molar-refractivity contribution in [3.63, 3.8) is 0 Å². The Morgan fingerprint density at radius 2 is 2.29 bits per heavy atom. The van der Waals surface area contributed by atoms with Crippen LogP contribution in [0, 0.1) is 13.8 Å². The highest BCUT2D eigenvalue weighted by Gasteiger charge is 2.16. The van der Waals surface area contributed by atoms with Gasteiger partial charge >= 0.3 is 0 Å². The molecule has 0 amide bonds. The molecule has 2 rings (SSSR count). The van der Waals surface area contributed by atoms with Crippen LogP contribution in [0.4, 0.5) is 0 Å². The van der Waals surface area contributed by atoms with Crippen molar-refractivity contribution < 1.29 is 9.15 Å². The number of nitrogens with zero attached hydrogens (tertiary/aromatic N) is 2. The lowest BCUT2D eigenvalue weighted by Crippen LogP contribution is -2.44. The molecule has 0 radical (unpaired) electrons. The predicted octanol–water partition coefficient (Wildman–Crippen LogP) is 0.712. The number of rotatable bonds is 4. The molecule has 0 aromatic carbocycles. The van der Waals surface area contributed by atoms with Gasteiger partial charge in [0.15, 0.2) is 0 Å². The van der Waals surface area contributed by atoms with E-state index in [1.54, 1.807) is 0 Å². The summed E-state index contributed by atoms with van der Waals surface area (Å²) < 4.78 is 11.2.